The minimum atomic E-state index is 0.202. The number of hydrogen-bond acceptors (Lipinski definition) is 4. The van der Waals surface area contributed by atoms with E-state index >= 15 is 0 Å². The van der Waals surface area contributed by atoms with Gasteiger partial charge in [0.2, 0.25) is 0 Å². The molecule has 0 bridgehead atoms. The molecular formula is C14H17N3O2. The maximum Gasteiger partial charge on any atom is 0.155 e. The van der Waals surface area contributed by atoms with E-state index in [0.717, 1.165) is 36.6 Å². The number of aliphatic hydroxyl groups is 1. The third-order valence-electron chi connectivity index (χ3n) is 3.60. The number of hydrogen-bond donors (Lipinski definition) is 2. The lowest BCUT2D eigenvalue weighted by Crippen LogP contribution is -2.23. The first kappa shape index (κ1) is 12.2. The number of aliphatic hydroxyl groups excluding tert-OH is 1. The van der Waals surface area contributed by atoms with E-state index < -0.39 is 0 Å². The van der Waals surface area contributed by atoms with Gasteiger partial charge in [-0.3, -0.25) is 0 Å². The molecule has 0 spiro atoms. The Morgan fingerprint density at radius 3 is 2.95 bits per heavy atom. The summed E-state index contributed by atoms with van der Waals surface area (Å²) in [5.41, 5.74) is 0.837. The van der Waals surface area contributed by atoms with Gasteiger partial charge in [0.15, 0.2) is 5.82 Å². The van der Waals surface area contributed by atoms with E-state index in [1.54, 1.807) is 12.1 Å². The lowest BCUT2D eigenvalue weighted by molar-refractivity contribution is 0.185. The Morgan fingerprint density at radius 2 is 2.16 bits per heavy atom. The highest BCUT2D eigenvalue weighted by atomic mass is 16.3. The summed E-state index contributed by atoms with van der Waals surface area (Å²) < 4.78 is 1.89. The van der Waals surface area contributed by atoms with Gasteiger partial charge >= 0.3 is 0 Å². The summed E-state index contributed by atoms with van der Waals surface area (Å²) >= 11 is 0. The van der Waals surface area contributed by atoms with Crippen molar-refractivity contribution in [3.05, 3.63) is 41.5 Å². The molecule has 0 amide bonds. The molecule has 2 heterocycles. The number of phenolic OH excluding ortho intramolecular Hbond substituents is 1. The first-order valence-electron chi connectivity index (χ1n) is 6.56. The summed E-state index contributed by atoms with van der Waals surface area (Å²) in [5.74, 6) is 2.28. The number of nitrogens with zero attached hydrogens (tertiary/aromatic N) is 3. The Kier molecular flexibility index (Phi) is 3.21. The smallest absolute Gasteiger partial charge is 0.155 e. The second kappa shape index (κ2) is 5.01. The molecule has 3 rings (SSSR count). The Labute approximate surface area is 111 Å². The monoisotopic (exact) mass is 259 g/mol. The SMILES string of the molecule is OCC1CCc2nc(Cc3ccccc3O)nn2C1. The largest absolute Gasteiger partial charge is 0.508 e. The minimum Gasteiger partial charge on any atom is -0.508 e. The first-order valence-corrected chi connectivity index (χ1v) is 6.56. The summed E-state index contributed by atoms with van der Waals surface area (Å²) in [5, 5.41) is 23.4. The first-order chi connectivity index (χ1) is 9.26. The van der Waals surface area contributed by atoms with Crippen molar-refractivity contribution in [1.82, 2.24) is 14.8 Å². The zero-order chi connectivity index (χ0) is 13.2. The zero-order valence-electron chi connectivity index (χ0n) is 10.7. The van der Waals surface area contributed by atoms with E-state index in [-0.39, 0.29) is 18.3 Å². The van der Waals surface area contributed by atoms with Crippen molar-refractivity contribution in [1.29, 1.82) is 0 Å². The maximum atomic E-state index is 9.76. The van der Waals surface area contributed by atoms with Crippen molar-refractivity contribution in [2.45, 2.75) is 25.8 Å². The van der Waals surface area contributed by atoms with E-state index in [1.807, 2.05) is 16.8 Å². The molecule has 0 saturated carbocycles. The molecule has 5 heteroatoms. The molecule has 2 N–H and O–H groups in total. The maximum absolute atomic E-state index is 9.76. The van der Waals surface area contributed by atoms with Gasteiger partial charge in [0.05, 0.1) is 0 Å². The van der Waals surface area contributed by atoms with Gasteiger partial charge < -0.3 is 10.2 Å². The molecule has 1 aliphatic heterocycles. The van der Waals surface area contributed by atoms with Crippen LogP contribution in [0.3, 0.4) is 0 Å². The van der Waals surface area contributed by atoms with Crippen molar-refractivity contribution < 1.29 is 10.2 Å². The summed E-state index contributed by atoms with van der Waals surface area (Å²) in [7, 11) is 0. The van der Waals surface area contributed by atoms with Gasteiger partial charge in [-0.1, -0.05) is 18.2 Å². The van der Waals surface area contributed by atoms with Crippen LogP contribution in [0.15, 0.2) is 24.3 Å². The van der Waals surface area contributed by atoms with Crippen LogP contribution in [0.1, 0.15) is 23.6 Å². The van der Waals surface area contributed by atoms with Crippen LogP contribution in [0, 0.1) is 5.92 Å². The van der Waals surface area contributed by atoms with Crippen molar-refractivity contribution in [3.63, 3.8) is 0 Å². The molecule has 1 unspecified atom stereocenters. The fourth-order valence-corrected chi connectivity index (χ4v) is 2.48. The minimum absolute atomic E-state index is 0.202. The Morgan fingerprint density at radius 1 is 1.32 bits per heavy atom. The number of benzene rings is 1. The number of para-hydroxylation sites is 1. The predicted molar refractivity (Wildman–Crippen MR) is 69.8 cm³/mol. The summed E-state index contributed by atoms with van der Waals surface area (Å²) in [6.07, 6.45) is 2.36. The fourth-order valence-electron chi connectivity index (χ4n) is 2.48. The van der Waals surface area contributed by atoms with Crippen LogP contribution in [0.4, 0.5) is 0 Å². The zero-order valence-corrected chi connectivity index (χ0v) is 10.7. The fraction of sp³-hybridized carbons (Fsp3) is 0.429. The number of aromatic hydroxyl groups is 1. The number of aryl methyl sites for hydroxylation is 1. The van der Waals surface area contributed by atoms with Crippen molar-refractivity contribution in [3.8, 4) is 5.75 Å². The number of fused-ring (bicyclic) bond motifs is 1. The Bertz CT molecular complexity index is 580. The molecular weight excluding hydrogens is 242 g/mol. The molecule has 1 aliphatic rings. The normalized spacial score (nSPS) is 18.3. The van der Waals surface area contributed by atoms with Crippen LogP contribution in [-0.4, -0.2) is 31.6 Å². The van der Waals surface area contributed by atoms with Crippen molar-refractivity contribution >= 4 is 0 Å². The topological polar surface area (TPSA) is 71.2 Å². The van der Waals surface area contributed by atoms with Crippen LogP contribution < -0.4 is 0 Å². The van der Waals surface area contributed by atoms with Gasteiger partial charge in [-0.2, -0.15) is 5.10 Å². The lowest BCUT2D eigenvalue weighted by atomic mass is 10.0. The van der Waals surface area contributed by atoms with E-state index in [4.69, 9.17) is 0 Å². The summed E-state index contributed by atoms with van der Waals surface area (Å²) in [4.78, 5) is 4.52. The second-order valence-corrected chi connectivity index (χ2v) is 5.02. The molecule has 100 valence electrons. The molecule has 0 radical (unpaired) electrons. The molecule has 1 aromatic carbocycles. The van der Waals surface area contributed by atoms with E-state index in [0.29, 0.717) is 6.42 Å². The molecule has 0 saturated heterocycles. The van der Waals surface area contributed by atoms with Crippen molar-refractivity contribution in [2.24, 2.45) is 5.92 Å². The summed E-state index contributed by atoms with van der Waals surface area (Å²) in [6, 6.07) is 7.25. The number of aromatic nitrogens is 3. The molecule has 0 aliphatic carbocycles. The van der Waals surface area contributed by atoms with Gasteiger partial charge in [0.25, 0.3) is 0 Å². The van der Waals surface area contributed by atoms with Gasteiger partial charge in [-0.05, 0) is 12.5 Å². The van der Waals surface area contributed by atoms with E-state index in [2.05, 4.69) is 10.1 Å². The molecule has 1 atom stereocenters. The highest BCUT2D eigenvalue weighted by molar-refractivity contribution is 5.33. The number of rotatable bonds is 3. The van der Waals surface area contributed by atoms with Crippen LogP contribution in [0.25, 0.3) is 0 Å². The average molecular weight is 259 g/mol. The van der Waals surface area contributed by atoms with Crippen LogP contribution in [0.2, 0.25) is 0 Å². The third kappa shape index (κ3) is 2.46. The standard InChI is InChI=1S/C14H17N3O2/c18-9-10-5-6-14-15-13(16-17(14)8-10)7-11-3-1-2-4-12(11)19/h1-4,10,18-19H,5-9H2. The second-order valence-electron chi connectivity index (χ2n) is 5.02. The number of phenols is 1. The van der Waals surface area contributed by atoms with Crippen LogP contribution >= 0.6 is 0 Å². The third-order valence-corrected chi connectivity index (χ3v) is 3.60. The molecule has 0 fully saturated rings. The predicted octanol–water partition coefficient (Wildman–Crippen LogP) is 1.13. The van der Waals surface area contributed by atoms with E-state index in [1.165, 1.54) is 0 Å². The highest BCUT2D eigenvalue weighted by Crippen LogP contribution is 2.21. The summed E-state index contributed by atoms with van der Waals surface area (Å²) in [6.45, 7) is 0.938. The van der Waals surface area contributed by atoms with Crippen LogP contribution in [-0.2, 0) is 19.4 Å². The van der Waals surface area contributed by atoms with Crippen LogP contribution in [0.5, 0.6) is 5.75 Å². The van der Waals surface area contributed by atoms with Gasteiger partial charge in [-0.15, -0.1) is 0 Å². The quantitative estimate of drug-likeness (QED) is 0.866. The van der Waals surface area contributed by atoms with Gasteiger partial charge in [0.1, 0.15) is 11.6 Å². The lowest BCUT2D eigenvalue weighted by Gasteiger charge is -2.19. The van der Waals surface area contributed by atoms with Gasteiger partial charge in [0, 0.05) is 37.5 Å². The van der Waals surface area contributed by atoms with Crippen molar-refractivity contribution in [2.75, 3.05) is 6.61 Å². The van der Waals surface area contributed by atoms with Gasteiger partial charge in [-0.25, -0.2) is 9.67 Å². The molecule has 5 nitrogen and oxygen atoms in total. The molecule has 19 heavy (non-hydrogen) atoms. The Hall–Kier alpha value is -1.88. The molecule has 2 aromatic rings. The highest BCUT2D eigenvalue weighted by Gasteiger charge is 2.21. The molecule has 1 aromatic heterocycles. The average Bonchev–Trinajstić information content (AvgIpc) is 2.82. The van der Waals surface area contributed by atoms with E-state index in [9.17, 15) is 10.2 Å². The Balaban J connectivity index is 1.80.